The van der Waals surface area contributed by atoms with Gasteiger partial charge in [-0.05, 0) is 21.5 Å². The molecule has 1 atom stereocenters. The Morgan fingerprint density at radius 3 is 2.12 bits per heavy atom. The monoisotopic (exact) mass is 125 g/mol. The lowest BCUT2D eigenvalue weighted by Gasteiger charge is -1.93. The summed E-state index contributed by atoms with van der Waals surface area (Å²) in [6.45, 7) is 0. The Kier molecular flexibility index (Phi) is 1.87. The first-order valence-electron chi connectivity index (χ1n) is 2.45. The molecule has 1 aromatic rings. The van der Waals surface area contributed by atoms with Crippen LogP contribution < -0.4 is 5.09 Å². The zero-order chi connectivity index (χ0) is 5.82. The third-order valence-electron chi connectivity index (χ3n) is 0.940. The summed E-state index contributed by atoms with van der Waals surface area (Å²) in [6.07, 6.45) is 0. The molecular weight excluding hydrogens is 117 g/mol. The van der Waals surface area contributed by atoms with Gasteiger partial charge < -0.3 is 5.09 Å². The van der Waals surface area contributed by atoms with Gasteiger partial charge in [0.25, 0.3) is 0 Å². The average molecular weight is 125 g/mol. The molecule has 0 saturated carbocycles. The summed E-state index contributed by atoms with van der Waals surface area (Å²) in [5.41, 5.74) is 1.12. The minimum atomic E-state index is 1.12. The summed E-state index contributed by atoms with van der Waals surface area (Å²) < 4.78 is 0. The van der Waals surface area contributed by atoms with E-state index >= 15 is 0 Å². The first-order chi connectivity index (χ1) is 3.93. The second kappa shape index (κ2) is 2.68. The van der Waals surface area contributed by atoms with Crippen molar-refractivity contribution < 1.29 is 0 Å². The predicted octanol–water partition coefficient (Wildman–Crippen LogP) is 1.89. The van der Waals surface area contributed by atoms with Crippen molar-refractivity contribution in [2.24, 2.45) is 0 Å². The van der Waals surface area contributed by atoms with Crippen LogP contribution in [-0.2, 0) is 0 Å². The Morgan fingerprint density at radius 2 is 1.75 bits per heavy atom. The Hall–Kier alpha value is -0.550. The molecule has 0 aliphatic carbocycles. The van der Waals surface area contributed by atoms with Crippen molar-refractivity contribution in [3.05, 3.63) is 30.3 Å². The minimum absolute atomic E-state index is 1.12. The van der Waals surface area contributed by atoms with Gasteiger partial charge >= 0.3 is 0 Å². The maximum absolute atomic E-state index is 2.94. The number of para-hydroxylation sites is 1. The normalized spacial score (nSPS) is 8.62. The van der Waals surface area contributed by atoms with Gasteiger partial charge in [0.1, 0.15) is 0 Å². The van der Waals surface area contributed by atoms with Gasteiger partial charge in [0.2, 0.25) is 0 Å². The van der Waals surface area contributed by atoms with E-state index in [0.29, 0.717) is 0 Å². The Balaban J connectivity index is 2.83. The average Bonchev–Trinajstić information content (AvgIpc) is 1.90. The molecule has 1 aromatic carbocycles. The molecule has 0 spiro atoms. The molecule has 0 fully saturated rings. The topological polar surface area (TPSA) is 12.0 Å². The van der Waals surface area contributed by atoms with E-state index < -0.39 is 0 Å². The van der Waals surface area contributed by atoms with Gasteiger partial charge in [-0.25, -0.2) is 0 Å². The van der Waals surface area contributed by atoms with E-state index in [2.05, 4.69) is 14.5 Å². The number of nitrogens with one attached hydrogen (secondary N) is 1. The molecule has 1 nitrogen and oxygen atoms in total. The molecule has 1 unspecified atom stereocenters. The Morgan fingerprint density at radius 1 is 1.12 bits per heavy atom. The molecule has 8 heavy (non-hydrogen) atoms. The van der Waals surface area contributed by atoms with Gasteiger partial charge in [0, 0.05) is 5.69 Å². The molecule has 0 aliphatic heterocycles. The summed E-state index contributed by atoms with van der Waals surface area (Å²) in [6, 6.07) is 9.99. The first-order valence-corrected chi connectivity index (χ1v) is 3.03. The lowest BCUT2D eigenvalue weighted by molar-refractivity contribution is 1.69. The van der Waals surface area contributed by atoms with Crippen molar-refractivity contribution in [3.63, 3.8) is 0 Å². The number of hydrogen-bond donors (Lipinski definition) is 1. The van der Waals surface area contributed by atoms with E-state index in [9.17, 15) is 0 Å². The highest BCUT2D eigenvalue weighted by atomic mass is 31.0. The van der Waals surface area contributed by atoms with Crippen LogP contribution in [0.15, 0.2) is 30.3 Å². The van der Waals surface area contributed by atoms with E-state index in [1.807, 2.05) is 30.3 Å². The van der Waals surface area contributed by atoms with E-state index in [-0.39, 0.29) is 0 Å². The van der Waals surface area contributed by atoms with Crippen molar-refractivity contribution in [3.8, 4) is 0 Å². The van der Waals surface area contributed by atoms with E-state index in [1.54, 1.807) is 0 Å². The van der Waals surface area contributed by atoms with Crippen molar-refractivity contribution >= 4 is 15.1 Å². The number of rotatable bonds is 1. The third-order valence-corrected chi connectivity index (χ3v) is 1.27. The third kappa shape index (κ3) is 1.21. The fourth-order valence-corrected chi connectivity index (χ4v) is 0.727. The summed E-state index contributed by atoms with van der Waals surface area (Å²) >= 11 is 0. The van der Waals surface area contributed by atoms with Crippen LogP contribution in [0.2, 0.25) is 0 Å². The second-order valence-electron chi connectivity index (χ2n) is 1.51. The molecule has 0 aromatic heterocycles. The van der Waals surface area contributed by atoms with Crippen LogP contribution in [0.25, 0.3) is 0 Å². The molecule has 0 heterocycles. The molecular formula is C6H8NP. The number of anilines is 1. The fraction of sp³-hybridized carbons (Fsp3) is 0. The van der Waals surface area contributed by atoms with E-state index in [1.165, 1.54) is 0 Å². The van der Waals surface area contributed by atoms with Crippen LogP contribution in [0.3, 0.4) is 0 Å². The predicted molar refractivity (Wildman–Crippen MR) is 39.8 cm³/mol. The van der Waals surface area contributed by atoms with Gasteiger partial charge in [0.15, 0.2) is 0 Å². The quantitative estimate of drug-likeness (QED) is 0.565. The summed E-state index contributed by atoms with van der Waals surface area (Å²) in [5, 5.41) is 2.94. The van der Waals surface area contributed by atoms with Crippen LogP contribution >= 0.6 is 9.39 Å². The van der Waals surface area contributed by atoms with Gasteiger partial charge in [-0.3, -0.25) is 0 Å². The number of benzene rings is 1. The molecule has 0 amide bonds. The maximum Gasteiger partial charge on any atom is 0.0368 e. The molecule has 1 rings (SSSR count). The highest BCUT2D eigenvalue weighted by Crippen LogP contribution is 2.05. The molecule has 1 N–H and O–H groups in total. The Bertz CT molecular complexity index is 150. The van der Waals surface area contributed by atoms with Gasteiger partial charge in [-0.15, -0.1) is 0 Å². The first kappa shape index (κ1) is 5.58. The largest absolute Gasteiger partial charge is 0.369 e. The zero-order valence-corrected chi connectivity index (χ0v) is 5.62. The van der Waals surface area contributed by atoms with Crippen LogP contribution in [0.4, 0.5) is 5.69 Å². The zero-order valence-electron chi connectivity index (χ0n) is 4.46. The van der Waals surface area contributed by atoms with Crippen molar-refractivity contribution in [2.75, 3.05) is 5.09 Å². The molecule has 2 heteroatoms. The molecule has 0 bridgehead atoms. The van der Waals surface area contributed by atoms with Crippen LogP contribution in [0.5, 0.6) is 0 Å². The minimum Gasteiger partial charge on any atom is -0.369 e. The van der Waals surface area contributed by atoms with Crippen molar-refractivity contribution in [1.29, 1.82) is 0 Å². The van der Waals surface area contributed by atoms with Gasteiger partial charge in [-0.2, -0.15) is 0 Å². The molecule has 42 valence electrons. The van der Waals surface area contributed by atoms with Crippen molar-refractivity contribution in [2.45, 2.75) is 0 Å². The fourth-order valence-electron chi connectivity index (χ4n) is 0.534. The summed E-state index contributed by atoms with van der Waals surface area (Å²) in [5.74, 6) is 0. The summed E-state index contributed by atoms with van der Waals surface area (Å²) in [4.78, 5) is 0. The molecule has 0 radical (unpaired) electrons. The molecule has 0 aliphatic rings. The van der Waals surface area contributed by atoms with E-state index in [0.717, 1.165) is 5.69 Å². The SMILES string of the molecule is PNc1ccccc1. The van der Waals surface area contributed by atoms with E-state index in [4.69, 9.17) is 0 Å². The van der Waals surface area contributed by atoms with Crippen molar-refractivity contribution in [1.82, 2.24) is 0 Å². The van der Waals surface area contributed by atoms with Crippen LogP contribution in [0.1, 0.15) is 0 Å². The smallest absolute Gasteiger partial charge is 0.0368 e. The highest BCUT2D eigenvalue weighted by molar-refractivity contribution is 7.18. The van der Waals surface area contributed by atoms with Gasteiger partial charge in [-0.1, -0.05) is 18.2 Å². The highest BCUT2D eigenvalue weighted by Gasteiger charge is 1.78. The molecule has 0 saturated heterocycles. The maximum atomic E-state index is 2.94. The standard InChI is InChI=1S/C6H8NP/c8-7-6-4-2-1-3-5-6/h1-5,7H,8H2. The summed E-state index contributed by atoms with van der Waals surface area (Å²) in [7, 11) is 2.44. The number of hydrogen-bond acceptors (Lipinski definition) is 1. The van der Waals surface area contributed by atoms with Crippen LogP contribution in [-0.4, -0.2) is 0 Å². The lowest BCUT2D eigenvalue weighted by Crippen LogP contribution is -1.74. The van der Waals surface area contributed by atoms with Gasteiger partial charge in [0.05, 0.1) is 0 Å². The second-order valence-corrected chi connectivity index (χ2v) is 1.80. The Labute approximate surface area is 51.4 Å². The van der Waals surface area contributed by atoms with Crippen LogP contribution in [0, 0.1) is 0 Å². The lowest BCUT2D eigenvalue weighted by atomic mass is 10.3.